The minimum atomic E-state index is -4.61. The van der Waals surface area contributed by atoms with Gasteiger partial charge in [0.25, 0.3) is 0 Å². The molecule has 2 N–H and O–H groups in total. The number of rotatable bonds is 3. The molecule has 6 heteroatoms. The summed E-state index contributed by atoms with van der Waals surface area (Å²) in [5.74, 6) is 0. The third kappa shape index (κ3) is 3.30. The molecule has 88 valence electrons. The molecule has 0 saturated heterocycles. The Balaban J connectivity index is 2.69. The summed E-state index contributed by atoms with van der Waals surface area (Å²) >= 11 is 0. The Bertz CT molecular complexity index is 269. The maximum Gasteiger partial charge on any atom is 0.413 e. The topological polar surface area (TPSA) is 77.8 Å². The monoisotopic (exact) mass is 235 g/mol. The van der Waals surface area contributed by atoms with Crippen LogP contribution in [0.25, 0.3) is 0 Å². The van der Waals surface area contributed by atoms with Gasteiger partial charge in [0.1, 0.15) is 0 Å². The van der Waals surface area contributed by atoms with Gasteiger partial charge in [-0.1, -0.05) is 19.3 Å². The van der Waals surface area contributed by atoms with Crippen LogP contribution in [0.2, 0.25) is 0 Å². The molecule has 0 unspecified atom stereocenters. The van der Waals surface area contributed by atoms with Gasteiger partial charge in [0, 0.05) is 12.6 Å². The summed E-state index contributed by atoms with van der Waals surface area (Å²) in [6.45, 7) is 2.12. The summed E-state index contributed by atoms with van der Waals surface area (Å²) in [4.78, 5) is 30.5. The summed E-state index contributed by atoms with van der Waals surface area (Å²) < 4.78 is 10.9. The number of hydrogen-bond acceptors (Lipinski definition) is 2. The Morgan fingerprint density at radius 3 is 2.27 bits per heavy atom. The van der Waals surface area contributed by atoms with E-state index in [9.17, 15) is 9.36 Å². The molecule has 0 aliphatic heterocycles. The van der Waals surface area contributed by atoms with Crippen LogP contribution in [0.4, 0.5) is 4.79 Å². The van der Waals surface area contributed by atoms with Crippen molar-refractivity contribution in [2.24, 2.45) is 0 Å². The zero-order valence-electron chi connectivity index (χ0n) is 8.93. The first kappa shape index (κ1) is 12.7. The summed E-state index contributed by atoms with van der Waals surface area (Å²) in [5, 5.41) is 0. The predicted molar refractivity (Wildman–Crippen MR) is 56.7 cm³/mol. The van der Waals surface area contributed by atoms with Gasteiger partial charge in [0.15, 0.2) is 0 Å². The summed E-state index contributed by atoms with van der Waals surface area (Å²) in [6.07, 6.45) is 4.95. The average molecular weight is 235 g/mol. The predicted octanol–water partition coefficient (Wildman–Crippen LogP) is 1.94. The Morgan fingerprint density at radius 2 is 1.87 bits per heavy atom. The van der Waals surface area contributed by atoms with Crippen LogP contribution in [0, 0.1) is 0 Å². The highest BCUT2D eigenvalue weighted by Gasteiger charge is 2.35. The van der Waals surface area contributed by atoms with Gasteiger partial charge in [-0.25, -0.2) is 4.57 Å². The van der Waals surface area contributed by atoms with Crippen LogP contribution < -0.4 is 0 Å². The van der Waals surface area contributed by atoms with Crippen molar-refractivity contribution in [1.82, 2.24) is 4.90 Å². The Kier molecular flexibility index (Phi) is 4.32. The van der Waals surface area contributed by atoms with E-state index in [1.165, 1.54) is 4.90 Å². The maximum atomic E-state index is 11.5. The van der Waals surface area contributed by atoms with Gasteiger partial charge < -0.3 is 14.7 Å². The van der Waals surface area contributed by atoms with Gasteiger partial charge in [-0.3, -0.25) is 4.79 Å². The molecule has 0 heterocycles. The highest BCUT2D eigenvalue weighted by atomic mass is 31.2. The molecule has 1 amide bonds. The van der Waals surface area contributed by atoms with Crippen molar-refractivity contribution in [2.75, 3.05) is 6.54 Å². The Hall–Kier alpha value is -0.380. The van der Waals surface area contributed by atoms with Crippen molar-refractivity contribution in [1.29, 1.82) is 0 Å². The minimum Gasteiger partial charge on any atom is -0.330 e. The smallest absolute Gasteiger partial charge is 0.330 e. The summed E-state index contributed by atoms with van der Waals surface area (Å²) in [7, 11) is -4.61. The quantitative estimate of drug-likeness (QED) is 0.733. The lowest BCUT2D eigenvalue weighted by atomic mass is 9.94. The molecule has 0 spiro atoms. The molecule has 1 rings (SSSR count). The third-order valence-corrected chi connectivity index (χ3v) is 3.61. The number of carbonyl (C=O) groups excluding carboxylic acids is 1. The molecule has 1 fully saturated rings. The number of nitrogens with zero attached hydrogens (tertiary/aromatic N) is 1. The first-order chi connectivity index (χ1) is 6.96. The molecule has 1 aliphatic carbocycles. The molecular weight excluding hydrogens is 217 g/mol. The van der Waals surface area contributed by atoms with Crippen LogP contribution >= 0.6 is 7.60 Å². The normalized spacial score (nSPS) is 18.9. The fourth-order valence-corrected chi connectivity index (χ4v) is 2.75. The van der Waals surface area contributed by atoms with E-state index in [1.807, 2.05) is 0 Å². The van der Waals surface area contributed by atoms with Gasteiger partial charge in [0.05, 0.1) is 0 Å². The standard InChI is InChI=1S/C9H18NO4P/c1-2-10(9(11)15(12,13)14)8-6-4-3-5-7-8/h8H,2-7H2,1H3,(H2,12,13,14). The first-order valence-electron chi connectivity index (χ1n) is 5.33. The van der Waals surface area contributed by atoms with Gasteiger partial charge in [-0.05, 0) is 19.8 Å². The number of amides is 1. The van der Waals surface area contributed by atoms with Gasteiger partial charge in [-0.2, -0.15) is 0 Å². The fourth-order valence-electron chi connectivity index (χ4n) is 2.11. The van der Waals surface area contributed by atoms with E-state index in [0.717, 1.165) is 32.1 Å². The van der Waals surface area contributed by atoms with E-state index < -0.39 is 13.2 Å². The van der Waals surface area contributed by atoms with E-state index in [-0.39, 0.29) is 6.04 Å². The maximum absolute atomic E-state index is 11.5. The molecule has 5 nitrogen and oxygen atoms in total. The second-order valence-corrected chi connectivity index (χ2v) is 5.38. The van der Waals surface area contributed by atoms with Crippen molar-refractivity contribution < 1.29 is 19.1 Å². The van der Waals surface area contributed by atoms with Crippen LogP contribution in [0.1, 0.15) is 39.0 Å². The molecule has 0 aromatic carbocycles. The Morgan fingerprint density at radius 1 is 1.33 bits per heavy atom. The lowest BCUT2D eigenvalue weighted by molar-refractivity contribution is 0.172. The molecule has 15 heavy (non-hydrogen) atoms. The molecule has 1 saturated carbocycles. The van der Waals surface area contributed by atoms with Crippen molar-refractivity contribution >= 4 is 13.2 Å². The number of hydrogen-bond donors (Lipinski definition) is 2. The van der Waals surface area contributed by atoms with E-state index in [0.29, 0.717) is 6.54 Å². The first-order valence-corrected chi connectivity index (χ1v) is 6.94. The lowest BCUT2D eigenvalue weighted by Crippen LogP contribution is -2.40. The molecule has 0 aromatic rings. The van der Waals surface area contributed by atoms with Crippen molar-refractivity contribution in [3.05, 3.63) is 0 Å². The van der Waals surface area contributed by atoms with Crippen LogP contribution in [0.3, 0.4) is 0 Å². The van der Waals surface area contributed by atoms with E-state index in [2.05, 4.69) is 0 Å². The Labute approximate surface area is 89.6 Å². The van der Waals surface area contributed by atoms with Gasteiger partial charge in [0.2, 0.25) is 0 Å². The van der Waals surface area contributed by atoms with E-state index in [4.69, 9.17) is 9.79 Å². The highest BCUT2D eigenvalue weighted by molar-refractivity contribution is 7.69. The molecule has 0 bridgehead atoms. The SMILES string of the molecule is CCN(C(=O)P(=O)(O)O)C1CCCCC1. The molecule has 0 radical (unpaired) electrons. The van der Waals surface area contributed by atoms with Crippen molar-refractivity contribution in [3.63, 3.8) is 0 Å². The zero-order chi connectivity index (χ0) is 11.5. The second-order valence-electron chi connectivity index (χ2n) is 3.90. The molecular formula is C9H18NO4P. The summed E-state index contributed by atoms with van der Waals surface area (Å²) in [6, 6.07) is 0.0175. The van der Waals surface area contributed by atoms with Gasteiger partial charge >= 0.3 is 13.2 Å². The highest BCUT2D eigenvalue weighted by Crippen LogP contribution is 2.40. The molecule has 0 aromatic heterocycles. The number of carbonyl (C=O) groups is 1. The van der Waals surface area contributed by atoms with E-state index in [1.54, 1.807) is 6.92 Å². The molecule has 0 atom stereocenters. The summed E-state index contributed by atoms with van der Waals surface area (Å²) in [5.41, 5.74) is -1.02. The van der Waals surface area contributed by atoms with E-state index >= 15 is 0 Å². The second kappa shape index (κ2) is 5.10. The lowest BCUT2D eigenvalue weighted by Gasteiger charge is -2.33. The van der Waals surface area contributed by atoms with Crippen LogP contribution in [-0.4, -0.2) is 32.9 Å². The van der Waals surface area contributed by atoms with Crippen molar-refractivity contribution in [2.45, 2.75) is 45.1 Å². The van der Waals surface area contributed by atoms with Crippen LogP contribution in [0.5, 0.6) is 0 Å². The third-order valence-electron chi connectivity index (χ3n) is 2.85. The largest absolute Gasteiger partial charge is 0.413 e. The van der Waals surface area contributed by atoms with Crippen LogP contribution in [0.15, 0.2) is 0 Å². The fraction of sp³-hybridized carbons (Fsp3) is 0.889. The molecule has 1 aliphatic rings. The van der Waals surface area contributed by atoms with Crippen LogP contribution in [-0.2, 0) is 4.57 Å². The zero-order valence-corrected chi connectivity index (χ0v) is 9.82. The minimum absolute atomic E-state index is 0.0175. The van der Waals surface area contributed by atoms with Crippen molar-refractivity contribution in [3.8, 4) is 0 Å². The average Bonchev–Trinajstić information content (AvgIpc) is 2.19. The van der Waals surface area contributed by atoms with Gasteiger partial charge in [-0.15, -0.1) is 0 Å².